The predicted molar refractivity (Wildman–Crippen MR) is 184 cm³/mol. The lowest BCUT2D eigenvalue weighted by atomic mass is 9.86. The van der Waals surface area contributed by atoms with Gasteiger partial charge in [-0.1, -0.05) is 67.9 Å². The Balaban J connectivity index is 2.10. The van der Waals surface area contributed by atoms with E-state index in [2.05, 4.69) is 10.6 Å². The van der Waals surface area contributed by atoms with E-state index < -0.39 is 47.3 Å². The van der Waals surface area contributed by atoms with Crippen LogP contribution in [0.3, 0.4) is 0 Å². The molecule has 47 heavy (non-hydrogen) atoms. The quantitative estimate of drug-likeness (QED) is 0.247. The van der Waals surface area contributed by atoms with Crippen LogP contribution in [0.15, 0.2) is 48.5 Å². The second kappa shape index (κ2) is 15.8. The van der Waals surface area contributed by atoms with E-state index in [1.807, 2.05) is 76.2 Å². The summed E-state index contributed by atoms with van der Waals surface area (Å²) >= 11 is 0. The standard InChI is InChI=1S/C38H55N3O6/c1-24(2)21-30(40-36(45)47-38(8,9)10)34(43)41(28-17-14-18-28)32(29-22-25(3)19-20-26(29)4)33(42)39-31(35(44)46-37(5,6)7)23-27-15-12-11-13-16-27/h11-13,15-16,19-20,22,24,28,30-32H,14,17-18,21,23H2,1-10H3,(H,39,42)(H,40,45). The maximum Gasteiger partial charge on any atom is 0.408 e. The third kappa shape index (κ3) is 11.4. The van der Waals surface area contributed by atoms with E-state index in [1.165, 1.54) is 0 Å². The van der Waals surface area contributed by atoms with Crippen LogP contribution in [-0.2, 0) is 30.3 Å². The summed E-state index contributed by atoms with van der Waals surface area (Å²) in [6.45, 7) is 18.5. The summed E-state index contributed by atoms with van der Waals surface area (Å²) in [5.41, 5.74) is 1.78. The second-order valence-corrected chi connectivity index (χ2v) is 15.2. The predicted octanol–water partition coefficient (Wildman–Crippen LogP) is 6.73. The van der Waals surface area contributed by atoms with Crippen LogP contribution in [0.4, 0.5) is 4.79 Å². The average molecular weight is 650 g/mol. The third-order valence-corrected chi connectivity index (χ3v) is 7.97. The van der Waals surface area contributed by atoms with E-state index in [1.54, 1.807) is 46.4 Å². The van der Waals surface area contributed by atoms with Crippen LogP contribution < -0.4 is 10.6 Å². The summed E-state index contributed by atoms with van der Waals surface area (Å²) in [5, 5.41) is 5.82. The number of aryl methyl sites for hydroxylation is 2. The summed E-state index contributed by atoms with van der Waals surface area (Å²) in [6, 6.07) is 12.1. The van der Waals surface area contributed by atoms with Crippen LogP contribution in [0.5, 0.6) is 0 Å². The lowest BCUT2D eigenvalue weighted by Gasteiger charge is -2.44. The van der Waals surface area contributed by atoms with Gasteiger partial charge in [0.05, 0.1) is 0 Å². The molecule has 0 radical (unpaired) electrons. The molecule has 3 rings (SSSR count). The molecule has 0 heterocycles. The molecule has 2 aromatic carbocycles. The maximum absolute atomic E-state index is 14.7. The zero-order valence-corrected chi connectivity index (χ0v) is 29.9. The fraction of sp³-hybridized carbons (Fsp3) is 0.579. The molecule has 2 N–H and O–H groups in total. The summed E-state index contributed by atoms with van der Waals surface area (Å²) in [6.07, 6.45) is 2.25. The van der Waals surface area contributed by atoms with Crippen molar-refractivity contribution in [2.75, 3.05) is 0 Å². The first-order chi connectivity index (χ1) is 21.8. The molecule has 1 aliphatic carbocycles. The van der Waals surface area contributed by atoms with Crippen LogP contribution in [0.1, 0.15) is 109 Å². The topological polar surface area (TPSA) is 114 Å². The van der Waals surface area contributed by atoms with Gasteiger partial charge < -0.3 is 25.0 Å². The van der Waals surface area contributed by atoms with Crippen molar-refractivity contribution in [2.45, 2.75) is 137 Å². The molecule has 1 aliphatic rings. The molecule has 0 aliphatic heterocycles. The number of nitrogens with zero attached hydrogens (tertiary/aromatic N) is 1. The van der Waals surface area contributed by atoms with Gasteiger partial charge in [-0.05, 0) is 104 Å². The van der Waals surface area contributed by atoms with Gasteiger partial charge >= 0.3 is 12.1 Å². The highest BCUT2D eigenvalue weighted by Gasteiger charge is 2.43. The summed E-state index contributed by atoms with van der Waals surface area (Å²) in [7, 11) is 0. The number of amides is 3. The molecule has 258 valence electrons. The number of benzene rings is 2. The van der Waals surface area contributed by atoms with Crippen LogP contribution in [0.2, 0.25) is 0 Å². The van der Waals surface area contributed by atoms with E-state index in [0.717, 1.165) is 36.0 Å². The van der Waals surface area contributed by atoms with Gasteiger partial charge in [0.2, 0.25) is 11.8 Å². The van der Waals surface area contributed by atoms with Gasteiger partial charge in [-0.2, -0.15) is 0 Å². The van der Waals surface area contributed by atoms with E-state index in [-0.39, 0.29) is 24.3 Å². The highest BCUT2D eigenvalue weighted by Crippen LogP contribution is 2.36. The number of carbonyl (C=O) groups excluding carboxylic acids is 4. The summed E-state index contributed by atoms with van der Waals surface area (Å²) in [5.74, 6) is -1.32. The first-order valence-electron chi connectivity index (χ1n) is 16.8. The number of hydrogen-bond acceptors (Lipinski definition) is 6. The van der Waals surface area contributed by atoms with Gasteiger partial charge in [0, 0.05) is 12.5 Å². The minimum atomic E-state index is -1.05. The fourth-order valence-electron chi connectivity index (χ4n) is 5.64. The maximum atomic E-state index is 14.7. The number of nitrogens with one attached hydrogen (secondary N) is 2. The molecule has 1 saturated carbocycles. The average Bonchev–Trinajstić information content (AvgIpc) is 2.90. The number of esters is 1. The Bertz CT molecular complexity index is 1390. The van der Waals surface area contributed by atoms with E-state index in [0.29, 0.717) is 12.0 Å². The van der Waals surface area contributed by atoms with Gasteiger partial charge in [-0.3, -0.25) is 9.59 Å². The van der Waals surface area contributed by atoms with Crippen LogP contribution in [-0.4, -0.2) is 58.1 Å². The number of alkyl carbamates (subject to hydrolysis) is 1. The molecule has 0 bridgehead atoms. The molecule has 9 heteroatoms. The van der Waals surface area contributed by atoms with Crippen molar-refractivity contribution in [2.24, 2.45) is 5.92 Å². The number of carbonyl (C=O) groups is 4. The Hall–Kier alpha value is -3.88. The zero-order chi connectivity index (χ0) is 35.1. The Labute approximate surface area is 281 Å². The smallest absolute Gasteiger partial charge is 0.408 e. The van der Waals surface area contributed by atoms with Crippen molar-refractivity contribution in [1.82, 2.24) is 15.5 Å². The molecule has 0 aromatic heterocycles. The van der Waals surface area contributed by atoms with Crippen molar-refractivity contribution in [3.8, 4) is 0 Å². The van der Waals surface area contributed by atoms with Crippen LogP contribution in [0, 0.1) is 19.8 Å². The molecule has 3 unspecified atom stereocenters. The van der Waals surface area contributed by atoms with E-state index in [9.17, 15) is 19.2 Å². The van der Waals surface area contributed by atoms with E-state index >= 15 is 0 Å². The second-order valence-electron chi connectivity index (χ2n) is 15.2. The fourth-order valence-corrected chi connectivity index (χ4v) is 5.64. The molecule has 3 amide bonds. The van der Waals surface area contributed by atoms with Gasteiger partial charge in [0.1, 0.15) is 29.3 Å². The normalized spacial score (nSPS) is 15.6. The SMILES string of the molecule is Cc1ccc(C)c(C(C(=O)NC(Cc2ccccc2)C(=O)OC(C)(C)C)N(C(=O)C(CC(C)C)NC(=O)OC(C)(C)C)C2CCC2)c1. The van der Waals surface area contributed by atoms with Crippen LogP contribution >= 0.6 is 0 Å². The van der Waals surface area contributed by atoms with Gasteiger partial charge in [0.15, 0.2) is 0 Å². The van der Waals surface area contributed by atoms with Gasteiger partial charge in [-0.25, -0.2) is 9.59 Å². The number of rotatable bonds is 12. The lowest BCUT2D eigenvalue weighted by molar-refractivity contribution is -0.159. The largest absolute Gasteiger partial charge is 0.458 e. The Morgan fingerprint density at radius 2 is 1.47 bits per heavy atom. The minimum absolute atomic E-state index is 0.0672. The minimum Gasteiger partial charge on any atom is -0.458 e. The number of hydrogen-bond donors (Lipinski definition) is 2. The van der Waals surface area contributed by atoms with Crippen molar-refractivity contribution >= 4 is 23.9 Å². The number of ether oxygens (including phenoxy) is 2. The van der Waals surface area contributed by atoms with Crippen molar-refractivity contribution in [3.05, 3.63) is 70.8 Å². The highest BCUT2D eigenvalue weighted by atomic mass is 16.6. The van der Waals surface area contributed by atoms with Crippen molar-refractivity contribution in [1.29, 1.82) is 0 Å². The Morgan fingerprint density at radius 1 is 0.851 bits per heavy atom. The summed E-state index contributed by atoms with van der Waals surface area (Å²) < 4.78 is 11.3. The first-order valence-corrected chi connectivity index (χ1v) is 16.8. The molecule has 1 fully saturated rings. The molecular weight excluding hydrogens is 594 g/mol. The molecule has 3 atom stereocenters. The molecule has 0 saturated heterocycles. The lowest BCUT2D eigenvalue weighted by Crippen LogP contribution is -2.59. The zero-order valence-electron chi connectivity index (χ0n) is 29.9. The molecule has 2 aromatic rings. The highest BCUT2D eigenvalue weighted by molar-refractivity contribution is 5.94. The Morgan fingerprint density at radius 3 is 2.00 bits per heavy atom. The summed E-state index contributed by atoms with van der Waals surface area (Å²) in [4.78, 5) is 57.6. The van der Waals surface area contributed by atoms with Gasteiger partial charge in [-0.15, -0.1) is 0 Å². The Kier molecular flexibility index (Phi) is 12.6. The monoisotopic (exact) mass is 649 g/mol. The molecule has 9 nitrogen and oxygen atoms in total. The van der Waals surface area contributed by atoms with Crippen LogP contribution in [0.25, 0.3) is 0 Å². The third-order valence-electron chi connectivity index (χ3n) is 7.97. The van der Waals surface area contributed by atoms with Gasteiger partial charge in [0.25, 0.3) is 0 Å². The molecular formula is C38H55N3O6. The van der Waals surface area contributed by atoms with Crippen molar-refractivity contribution < 1.29 is 28.7 Å². The molecule has 0 spiro atoms. The van der Waals surface area contributed by atoms with Crippen molar-refractivity contribution in [3.63, 3.8) is 0 Å². The first kappa shape index (κ1) is 37.6. The van der Waals surface area contributed by atoms with E-state index in [4.69, 9.17) is 9.47 Å².